The van der Waals surface area contributed by atoms with Gasteiger partial charge < -0.3 is 9.84 Å². The fraction of sp³-hybridized carbons (Fsp3) is 0.818. The number of nitrogens with zero attached hydrogens (tertiary/aromatic N) is 1. The molecule has 0 aromatic rings. The van der Waals surface area contributed by atoms with Crippen LogP contribution >= 0.6 is 0 Å². The summed E-state index contributed by atoms with van der Waals surface area (Å²) < 4.78 is 5.19. The van der Waals surface area contributed by atoms with E-state index in [0.717, 1.165) is 0 Å². The van der Waals surface area contributed by atoms with Gasteiger partial charge in [0.15, 0.2) is 5.41 Å². The molecule has 0 saturated carbocycles. The number of carbonyl (C=O) groups excluding carboxylic acids is 1. The van der Waals surface area contributed by atoms with Crippen molar-refractivity contribution in [2.24, 2.45) is 11.3 Å². The van der Waals surface area contributed by atoms with Gasteiger partial charge in [0.1, 0.15) is 5.60 Å². The van der Waals surface area contributed by atoms with Crippen molar-refractivity contribution in [3.63, 3.8) is 0 Å². The standard InChI is InChI=1S/C11H20N2O4/c1-10(2,3)17-9(16)11(8(14)15)5-4-6-13(12)7-11/h4-7,12H2,1-3H3,(H,14,15). The number of carboxylic acid groups (broad SMARTS) is 1. The third-order valence-corrected chi connectivity index (χ3v) is 2.72. The van der Waals surface area contributed by atoms with E-state index in [4.69, 9.17) is 10.6 Å². The second kappa shape index (κ2) is 4.62. The lowest BCUT2D eigenvalue weighted by atomic mass is 9.80. The minimum atomic E-state index is -1.53. The van der Waals surface area contributed by atoms with Crippen LogP contribution in [0.1, 0.15) is 33.6 Å². The molecule has 1 fully saturated rings. The second-order valence-corrected chi connectivity index (χ2v) is 5.46. The maximum absolute atomic E-state index is 12.0. The molecule has 1 rings (SSSR count). The number of nitrogens with two attached hydrogens (primary N) is 1. The molecule has 17 heavy (non-hydrogen) atoms. The van der Waals surface area contributed by atoms with E-state index in [1.54, 1.807) is 20.8 Å². The molecule has 0 spiro atoms. The van der Waals surface area contributed by atoms with Crippen molar-refractivity contribution in [2.45, 2.75) is 39.2 Å². The molecule has 1 saturated heterocycles. The van der Waals surface area contributed by atoms with Crippen LogP contribution in [0.5, 0.6) is 0 Å². The monoisotopic (exact) mass is 244 g/mol. The molecule has 1 aliphatic rings. The predicted octanol–water partition coefficient (Wildman–Crippen LogP) is 0.369. The van der Waals surface area contributed by atoms with Gasteiger partial charge in [-0.15, -0.1) is 0 Å². The summed E-state index contributed by atoms with van der Waals surface area (Å²) in [5.74, 6) is 3.75. The Hall–Kier alpha value is -1.14. The molecular weight excluding hydrogens is 224 g/mol. The number of rotatable bonds is 2. The number of hydrazine groups is 1. The van der Waals surface area contributed by atoms with Crippen LogP contribution in [0.3, 0.4) is 0 Å². The average Bonchev–Trinajstić information content (AvgIpc) is 2.14. The van der Waals surface area contributed by atoms with Crippen LogP contribution < -0.4 is 5.84 Å². The largest absolute Gasteiger partial charge is 0.480 e. The van der Waals surface area contributed by atoms with E-state index < -0.39 is 23.0 Å². The topological polar surface area (TPSA) is 92.9 Å². The van der Waals surface area contributed by atoms with Gasteiger partial charge in [0.25, 0.3) is 0 Å². The summed E-state index contributed by atoms with van der Waals surface area (Å²) in [4.78, 5) is 23.4. The van der Waals surface area contributed by atoms with Gasteiger partial charge in [0, 0.05) is 13.1 Å². The molecule has 3 N–H and O–H groups in total. The highest BCUT2D eigenvalue weighted by atomic mass is 16.6. The Bertz CT molecular complexity index is 324. The summed E-state index contributed by atoms with van der Waals surface area (Å²) in [6.07, 6.45) is 0.840. The predicted molar refractivity (Wildman–Crippen MR) is 60.9 cm³/mol. The Kier molecular flexibility index (Phi) is 3.78. The first-order valence-corrected chi connectivity index (χ1v) is 5.64. The first-order valence-electron chi connectivity index (χ1n) is 5.64. The maximum Gasteiger partial charge on any atom is 0.325 e. The van der Waals surface area contributed by atoms with E-state index in [1.165, 1.54) is 5.01 Å². The average molecular weight is 244 g/mol. The number of hydrogen-bond acceptors (Lipinski definition) is 5. The van der Waals surface area contributed by atoms with Gasteiger partial charge in [-0.1, -0.05) is 0 Å². The maximum atomic E-state index is 12.0. The number of carboxylic acids is 1. The number of hydrogen-bond donors (Lipinski definition) is 2. The lowest BCUT2D eigenvalue weighted by molar-refractivity contribution is -0.181. The van der Waals surface area contributed by atoms with Gasteiger partial charge in [-0.25, -0.2) is 5.01 Å². The van der Waals surface area contributed by atoms with Gasteiger partial charge in [-0.2, -0.15) is 0 Å². The first-order chi connectivity index (χ1) is 7.67. The molecule has 0 radical (unpaired) electrons. The Morgan fingerprint density at radius 2 is 2.00 bits per heavy atom. The van der Waals surface area contributed by atoms with Crippen molar-refractivity contribution < 1.29 is 19.4 Å². The van der Waals surface area contributed by atoms with E-state index in [1.807, 2.05) is 0 Å². The van der Waals surface area contributed by atoms with Crippen molar-refractivity contribution >= 4 is 11.9 Å². The molecule has 0 aliphatic carbocycles. The fourth-order valence-electron chi connectivity index (χ4n) is 1.89. The Morgan fingerprint density at radius 1 is 1.41 bits per heavy atom. The Labute approximate surface area is 101 Å². The highest BCUT2D eigenvalue weighted by Gasteiger charge is 2.51. The van der Waals surface area contributed by atoms with Crippen molar-refractivity contribution in [3.05, 3.63) is 0 Å². The summed E-state index contributed by atoms with van der Waals surface area (Å²) in [6.45, 7) is 5.73. The smallest absolute Gasteiger partial charge is 0.325 e. The highest BCUT2D eigenvalue weighted by molar-refractivity contribution is 5.99. The lowest BCUT2D eigenvalue weighted by Crippen LogP contribution is -2.56. The van der Waals surface area contributed by atoms with Crippen LogP contribution in [-0.2, 0) is 14.3 Å². The summed E-state index contributed by atoms with van der Waals surface area (Å²) in [5.41, 5.74) is -2.23. The van der Waals surface area contributed by atoms with Gasteiger partial charge in [-0.05, 0) is 33.6 Å². The number of piperidine rings is 1. The van der Waals surface area contributed by atoms with Crippen LogP contribution in [0.4, 0.5) is 0 Å². The number of esters is 1. The van der Waals surface area contributed by atoms with Crippen LogP contribution in [-0.4, -0.2) is 40.7 Å². The van der Waals surface area contributed by atoms with Crippen molar-refractivity contribution in [1.29, 1.82) is 0 Å². The van der Waals surface area contributed by atoms with E-state index in [-0.39, 0.29) is 13.0 Å². The first kappa shape index (κ1) is 13.9. The molecule has 6 nitrogen and oxygen atoms in total. The number of ether oxygens (including phenoxy) is 1. The molecule has 0 aromatic heterocycles. The number of aliphatic carboxylic acids is 1. The Morgan fingerprint density at radius 3 is 2.41 bits per heavy atom. The van der Waals surface area contributed by atoms with Gasteiger partial charge >= 0.3 is 11.9 Å². The molecule has 0 bridgehead atoms. The summed E-state index contributed by atoms with van der Waals surface area (Å²) in [6, 6.07) is 0. The molecule has 1 unspecified atom stereocenters. The van der Waals surface area contributed by atoms with Crippen LogP contribution in [0.15, 0.2) is 0 Å². The molecule has 1 heterocycles. The summed E-state index contributed by atoms with van der Waals surface area (Å²) >= 11 is 0. The zero-order valence-corrected chi connectivity index (χ0v) is 10.5. The third kappa shape index (κ3) is 3.17. The summed E-state index contributed by atoms with van der Waals surface area (Å²) in [5, 5.41) is 10.7. The molecular formula is C11H20N2O4. The van der Waals surface area contributed by atoms with E-state index in [9.17, 15) is 14.7 Å². The van der Waals surface area contributed by atoms with Crippen molar-refractivity contribution in [1.82, 2.24) is 5.01 Å². The lowest BCUT2D eigenvalue weighted by Gasteiger charge is -2.37. The molecule has 6 heteroatoms. The Balaban J connectivity index is 2.92. The molecule has 1 atom stereocenters. The van der Waals surface area contributed by atoms with Gasteiger partial charge in [0.2, 0.25) is 0 Å². The van der Waals surface area contributed by atoms with Crippen LogP contribution in [0.2, 0.25) is 0 Å². The minimum Gasteiger partial charge on any atom is -0.480 e. The molecule has 0 aromatic carbocycles. The zero-order valence-electron chi connectivity index (χ0n) is 10.5. The highest BCUT2D eigenvalue weighted by Crippen LogP contribution is 2.32. The molecule has 98 valence electrons. The minimum absolute atomic E-state index is 0.00273. The third-order valence-electron chi connectivity index (χ3n) is 2.72. The molecule has 0 amide bonds. The number of carbonyl (C=O) groups is 2. The summed E-state index contributed by atoms with van der Waals surface area (Å²) in [7, 11) is 0. The van der Waals surface area contributed by atoms with E-state index in [2.05, 4.69) is 0 Å². The quantitative estimate of drug-likeness (QED) is 0.414. The van der Waals surface area contributed by atoms with Gasteiger partial charge in [0.05, 0.1) is 0 Å². The zero-order chi connectivity index (χ0) is 13.3. The fourth-order valence-corrected chi connectivity index (χ4v) is 1.89. The van der Waals surface area contributed by atoms with Gasteiger partial charge in [-0.3, -0.25) is 15.4 Å². The van der Waals surface area contributed by atoms with Crippen molar-refractivity contribution in [3.8, 4) is 0 Å². The molecule has 1 aliphatic heterocycles. The van der Waals surface area contributed by atoms with Crippen LogP contribution in [0, 0.1) is 5.41 Å². The SMILES string of the molecule is CC(C)(C)OC(=O)C1(C(=O)O)CCCN(N)C1. The second-order valence-electron chi connectivity index (χ2n) is 5.46. The van der Waals surface area contributed by atoms with E-state index >= 15 is 0 Å². The van der Waals surface area contributed by atoms with Crippen molar-refractivity contribution in [2.75, 3.05) is 13.1 Å². The van der Waals surface area contributed by atoms with Crippen LogP contribution in [0.25, 0.3) is 0 Å². The normalized spacial score (nSPS) is 26.6. The van der Waals surface area contributed by atoms with E-state index in [0.29, 0.717) is 13.0 Å².